The number of para-hydroxylation sites is 1. The Morgan fingerprint density at radius 3 is 2.65 bits per heavy atom. The van der Waals surface area contributed by atoms with Gasteiger partial charge in [-0.3, -0.25) is 0 Å². The highest BCUT2D eigenvalue weighted by molar-refractivity contribution is 6.00. The Morgan fingerprint density at radius 2 is 1.90 bits per heavy atom. The Hall–Kier alpha value is -2.43. The molecule has 0 atom stereocenters. The lowest BCUT2D eigenvalue weighted by Gasteiger charge is -2.11. The molecule has 0 heterocycles. The maximum absolute atomic E-state index is 13.5. The van der Waals surface area contributed by atoms with Crippen molar-refractivity contribution in [2.75, 3.05) is 0 Å². The van der Waals surface area contributed by atoms with Gasteiger partial charge in [0.2, 0.25) is 0 Å². The Kier molecular flexibility index (Phi) is 4.30. The molecule has 0 aliphatic carbocycles. The van der Waals surface area contributed by atoms with E-state index in [1.807, 2.05) is 0 Å². The Labute approximate surface area is 115 Å². The van der Waals surface area contributed by atoms with E-state index < -0.39 is 11.6 Å². The molecule has 0 saturated carbocycles. The standard InChI is InChI=1S/C15H13F2NO2/c1-10(18-19)12-6-2-3-8-14(12)20-9-11-5-4-7-13(16)15(11)17/h2-8,19H,9H2,1H3/b18-10+. The van der Waals surface area contributed by atoms with Crippen molar-refractivity contribution in [2.45, 2.75) is 13.5 Å². The number of hydrogen-bond acceptors (Lipinski definition) is 3. The molecule has 0 bridgehead atoms. The van der Waals surface area contributed by atoms with Crippen molar-refractivity contribution in [3.8, 4) is 5.75 Å². The fourth-order valence-corrected chi connectivity index (χ4v) is 1.76. The van der Waals surface area contributed by atoms with Crippen LogP contribution in [0.4, 0.5) is 8.78 Å². The van der Waals surface area contributed by atoms with Crippen LogP contribution in [0.1, 0.15) is 18.1 Å². The summed E-state index contributed by atoms with van der Waals surface area (Å²) in [6, 6.07) is 10.8. The Balaban J connectivity index is 2.21. The molecule has 0 amide bonds. The van der Waals surface area contributed by atoms with Gasteiger partial charge in [0.25, 0.3) is 0 Å². The summed E-state index contributed by atoms with van der Waals surface area (Å²) in [5.74, 6) is -1.39. The third kappa shape index (κ3) is 2.93. The molecule has 1 N–H and O–H groups in total. The first-order valence-corrected chi connectivity index (χ1v) is 5.97. The van der Waals surface area contributed by atoms with E-state index in [4.69, 9.17) is 9.94 Å². The van der Waals surface area contributed by atoms with Gasteiger partial charge in [-0.2, -0.15) is 0 Å². The topological polar surface area (TPSA) is 41.8 Å². The number of nitrogens with zero attached hydrogens (tertiary/aromatic N) is 1. The largest absolute Gasteiger partial charge is 0.488 e. The molecule has 0 unspecified atom stereocenters. The molecular formula is C15H13F2NO2. The number of oxime groups is 1. The third-order valence-corrected chi connectivity index (χ3v) is 2.84. The van der Waals surface area contributed by atoms with Crippen LogP contribution in [-0.4, -0.2) is 10.9 Å². The van der Waals surface area contributed by atoms with Crippen LogP contribution in [0, 0.1) is 11.6 Å². The zero-order chi connectivity index (χ0) is 14.5. The van der Waals surface area contributed by atoms with Gasteiger partial charge < -0.3 is 9.94 Å². The first-order chi connectivity index (χ1) is 9.63. The molecule has 0 fully saturated rings. The van der Waals surface area contributed by atoms with Crippen molar-refractivity contribution in [3.63, 3.8) is 0 Å². The highest BCUT2D eigenvalue weighted by Crippen LogP contribution is 2.21. The predicted octanol–water partition coefficient (Wildman–Crippen LogP) is 3.74. The van der Waals surface area contributed by atoms with Gasteiger partial charge in [-0.25, -0.2) is 8.78 Å². The summed E-state index contributed by atoms with van der Waals surface area (Å²) < 4.78 is 32.1. The van der Waals surface area contributed by atoms with Crippen LogP contribution in [0.5, 0.6) is 5.75 Å². The first-order valence-electron chi connectivity index (χ1n) is 5.97. The molecule has 2 rings (SSSR count). The van der Waals surface area contributed by atoms with Crippen molar-refractivity contribution in [2.24, 2.45) is 5.16 Å². The summed E-state index contributed by atoms with van der Waals surface area (Å²) >= 11 is 0. The minimum absolute atomic E-state index is 0.112. The number of ether oxygens (including phenoxy) is 1. The van der Waals surface area contributed by atoms with Crippen molar-refractivity contribution in [1.82, 2.24) is 0 Å². The van der Waals surface area contributed by atoms with Crippen molar-refractivity contribution in [1.29, 1.82) is 0 Å². The number of benzene rings is 2. The van der Waals surface area contributed by atoms with Crippen LogP contribution in [0.25, 0.3) is 0 Å². The van der Waals surface area contributed by atoms with Crippen LogP contribution in [0.15, 0.2) is 47.6 Å². The van der Waals surface area contributed by atoms with E-state index >= 15 is 0 Å². The van der Waals surface area contributed by atoms with E-state index in [-0.39, 0.29) is 12.2 Å². The highest BCUT2D eigenvalue weighted by atomic mass is 19.2. The molecule has 0 radical (unpaired) electrons. The van der Waals surface area contributed by atoms with Gasteiger partial charge in [-0.05, 0) is 25.1 Å². The average Bonchev–Trinajstić information content (AvgIpc) is 2.48. The Bertz CT molecular complexity index is 642. The average molecular weight is 277 g/mol. The second kappa shape index (κ2) is 6.14. The first kappa shape index (κ1) is 14.0. The van der Waals surface area contributed by atoms with E-state index in [1.54, 1.807) is 31.2 Å². The van der Waals surface area contributed by atoms with E-state index in [1.165, 1.54) is 12.1 Å². The van der Waals surface area contributed by atoms with Gasteiger partial charge >= 0.3 is 0 Å². The number of halogens is 2. The van der Waals surface area contributed by atoms with Gasteiger partial charge in [0, 0.05) is 11.1 Å². The monoisotopic (exact) mass is 277 g/mol. The second-order valence-electron chi connectivity index (χ2n) is 4.18. The molecule has 104 valence electrons. The zero-order valence-electron chi connectivity index (χ0n) is 10.8. The third-order valence-electron chi connectivity index (χ3n) is 2.84. The fourth-order valence-electron chi connectivity index (χ4n) is 1.76. The maximum Gasteiger partial charge on any atom is 0.165 e. The maximum atomic E-state index is 13.5. The SMILES string of the molecule is C/C(=N\O)c1ccccc1OCc1cccc(F)c1F. The Morgan fingerprint density at radius 1 is 1.15 bits per heavy atom. The summed E-state index contributed by atoms with van der Waals surface area (Å²) in [5.41, 5.74) is 1.09. The summed E-state index contributed by atoms with van der Waals surface area (Å²) in [6.07, 6.45) is 0. The summed E-state index contributed by atoms with van der Waals surface area (Å²) in [6.45, 7) is 1.50. The molecule has 5 heteroatoms. The molecule has 0 aromatic heterocycles. The van der Waals surface area contributed by atoms with Gasteiger partial charge in [-0.15, -0.1) is 0 Å². The molecule has 0 aliphatic heterocycles. The predicted molar refractivity (Wildman–Crippen MR) is 71.1 cm³/mol. The highest BCUT2D eigenvalue weighted by Gasteiger charge is 2.10. The fraction of sp³-hybridized carbons (Fsp3) is 0.133. The molecule has 2 aromatic carbocycles. The smallest absolute Gasteiger partial charge is 0.165 e. The second-order valence-corrected chi connectivity index (χ2v) is 4.18. The summed E-state index contributed by atoms with van der Waals surface area (Å²) in [4.78, 5) is 0. The van der Waals surface area contributed by atoms with Gasteiger partial charge in [-0.1, -0.05) is 29.4 Å². The molecule has 3 nitrogen and oxygen atoms in total. The van der Waals surface area contributed by atoms with Crippen LogP contribution in [0.2, 0.25) is 0 Å². The molecular weight excluding hydrogens is 264 g/mol. The van der Waals surface area contributed by atoms with E-state index in [2.05, 4.69) is 5.16 Å². The molecule has 0 spiro atoms. The summed E-state index contributed by atoms with van der Waals surface area (Å²) in [5, 5.41) is 11.9. The minimum Gasteiger partial charge on any atom is -0.488 e. The number of rotatable bonds is 4. The summed E-state index contributed by atoms with van der Waals surface area (Å²) in [7, 11) is 0. The van der Waals surface area contributed by atoms with E-state index in [9.17, 15) is 8.78 Å². The van der Waals surface area contributed by atoms with E-state index in [0.29, 0.717) is 17.0 Å². The molecule has 2 aromatic rings. The van der Waals surface area contributed by atoms with Crippen LogP contribution in [0.3, 0.4) is 0 Å². The zero-order valence-corrected chi connectivity index (χ0v) is 10.8. The minimum atomic E-state index is -0.919. The van der Waals surface area contributed by atoms with Crippen LogP contribution < -0.4 is 4.74 Å². The van der Waals surface area contributed by atoms with Crippen LogP contribution >= 0.6 is 0 Å². The quantitative estimate of drug-likeness (QED) is 0.525. The normalized spacial score (nSPS) is 11.4. The van der Waals surface area contributed by atoms with Gasteiger partial charge in [0.1, 0.15) is 12.4 Å². The van der Waals surface area contributed by atoms with Gasteiger partial charge in [0.15, 0.2) is 11.6 Å². The van der Waals surface area contributed by atoms with Crippen molar-refractivity contribution < 1.29 is 18.7 Å². The van der Waals surface area contributed by atoms with E-state index in [0.717, 1.165) is 6.07 Å². The van der Waals surface area contributed by atoms with Gasteiger partial charge in [0.05, 0.1) is 5.71 Å². The van der Waals surface area contributed by atoms with Crippen molar-refractivity contribution in [3.05, 3.63) is 65.2 Å². The van der Waals surface area contributed by atoms with Crippen LogP contribution in [-0.2, 0) is 6.61 Å². The van der Waals surface area contributed by atoms with Crippen molar-refractivity contribution >= 4 is 5.71 Å². The molecule has 20 heavy (non-hydrogen) atoms. The molecule has 0 aliphatic rings. The molecule has 0 saturated heterocycles. The number of hydrogen-bond donors (Lipinski definition) is 1. The lowest BCUT2D eigenvalue weighted by molar-refractivity contribution is 0.295. The lowest BCUT2D eigenvalue weighted by Crippen LogP contribution is -2.04. The lowest BCUT2D eigenvalue weighted by atomic mass is 10.1.